The zero-order chi connectivity index (χ0) is 22.2. The van der Waals surface area contributed by atoms with Crippen LogP contribution in [-0.2, 0) is 0 Å². The Bertz CT molecular complexity index is 2070. The van der Waals surface area contributed by atoms with E-state index < -0.39 is 0 Å². The number of hydrogen-bond acceptors (Lipinski definition) is 1. The molecule has 0 saturated heterocycles. The third-order valence-electron chi connectivity index (χ3n) is 7.16. The molecule has 0 spiro atoms. The molecule has 0 radical (unpaired) electrons. The summed E-state index contributed by atoms with van der Waals surface area (Å²) >= 11 is 1.89. The molecule has 158 valence electrons. The average molecular weight is 450 g/mol. The second-order valence-corrected chi connectivity index (χ2v) is 10.0. The minimum atomic E-state index is 1.24. The lowest BCUT2D eigenvalue weighted by atomic mass is 10.00. The van der Waals surface area contributed by atoms with Crippen molar-refractivity contribution in [1.82, 2.24) is 4.57 Å². The fourth-order valence-corrected chi connectivity index (χ4v) is 6.87. The predicted molar refractivity (Wildman–Crippen MR) is 149 cm³/mol. The number of thiophene rings is 1. The molecule has 8 aromatic rings. The quantitative estimate of drug-likeness (QED) is 0.220. The number of nitrogens with zero attached hydrogens (tertiary/aromatic N) is 1. The lowest BCUT2D eigenvalue weighted by Gasteiger charge is -2.14. The normalized spacial score (nSPS) is 12.1. The van der Waals surface area contributed by atoms with Crippen LogP contribution < -0.4 is 0 Å². The molecule has 8 rings (SSSR count). The standard InChI is InChI=1S/C32H19NS/c1-2-10-21-20(9-1)19-28(23-12-4-3-11-22(21)23)33-26-15-7-5-13-24(26)31-27(33)17-18-30-32(31)25-14-6-8-16-29(25)34-30/h1-19H. The lowest BCUT2D eigenvalue weighted by Crippen LogP contribution is -1.96. The largest absolute Gasteiger partial charge is 0.309 e. The van der Waals surface area contributed by atoms with Crippen molar-refractivity contribution in [2.75, 3.05) is 0 Å². The first kappa shape index (κ1) is 18.3. The van der Waals surface area contributed by atoms with Crippen molar-refractivity contribution in [2.24, 2.45) is 0 Å². The van der Waals surface area contributed by atoms with E-state index in [1.165, 1.54) is 69.2 Å². The Hall–Kier alpha value is -4.14. The fourth-order valence-electron chi connectivity index (χ4n) is 5.75. The molecule has 1 nitrogen and oxygen atoms in total. The van der Waals surface area contributed by atoms with E-state index in [1.807, 2.05) is 11.3 Å². The van der Waals surface area contributed by atoms with Crippen molar-refractivity contribution in [1.29, 1.82) is 0 Å². The van der Waals surface area contributed by atoms with Gasteiger partial charge in [0.2, 0.25) is 0 Å². The van der Waals surface area contributed by atoms with Crippen LogP contribution in [0.4, 0.5) is 0 Å². The molecule has 34 heavy (non-hydrogen) atoms. The van der Waals surface area contributed by atoms with E-state index >= 15 is 0 Å². The van der Waals surface area contributed by atoms with Gasteiger partial charge in [-0.25, -0.2) is 0 Å². The maximum absolute atomic E-state index is 2.48. The van der Waals surface area contributed by atoms with Gasteiger partial charge in [-0.3, -0.25) is 0 Å². The van der Waals surface area contributed by atoms with E-state index in [1.54, 1.807) is 0 Å². The third-order valence-corrected chi connectivity index (χ3v) is 8.30. The van der Waals surface area contributed by atoms with Gasteiger partial charge in [0.15, 0.2) is 0 Å². The number of para-hydroxylation sites is 1. The zero-order valence-electron chi connectivity index (χ0n) is 18.3. The molecule has 0 unspecified atom stereocenters. The minimum Gasteiger partial charge on any atom is -0.309 e. The van der Waals surface area contributed by atoms with Crippen LogP contribution in [-0.4, -0.2) is 4.57 Å². The highest BCUT2D eigenvalue weighted by atomic mass is 32.1. The van der Waals surface area contributed by atoms with Gasteiger partial charge < -0.3 is 4.57 Å². The molecule has 6 aromatic carbocycles. The van der Waals surface area contributed by atoms with E-state index in [9.17, 15) is 0 Å². The van der Waals surface area contributed by atoms with Gasteiger partial charge in [-0.2, -0.15) is 0 Å². The smallest absolute Gasteiger partial charge is 0.0548 e. The Morgan fingerprint density at radius 2 is 1.12 bits per heavy atom. The second-order valence-electron chi connectivity index (χ2n) is 8.95. The Kier molecular flexibility index (Phi) is 3.60. The molecule has 0 aliphatic carbocycles. The first-order chi connectivity index (χ1) is 16.9. The van der Waals surface area contributed by atoms with E-state index in [0.29, 0.717) is 0 Å². The number of rotatable bonds is 1. The summed E-state index contributed by atoms with van der Waals surface area (Å²) in [7, 11) is 0. The molecule has 0 saturated carbocycles. The SMILES string of the molecule is c1ccc2c(c1)cc(-n1c3ccccc3c3c4c(ccc31)sc1ccccc14)c1ccccc12. The Labute approximate surface area is 200 Å². The average Bonchev–Trinajstić information content (AvgIpc) is 3.44. The van der Waals surface area contributed by atoms with Crippen LogP contribution in [0.1, 0.15) is 0 Å². The van der Waals surface area contributed by atoms with Gasteiger partial charge in [0.05, 0.1) is 16.7 Å². The van der Waals surface area contributed by atoms with E-state index in [4.69, 9.17) is 0 Å². The Morgan fingerprint density at radius 3 is 2.00 bits per heavy atom. The highest BCUT2D eigenvalue weighted by Crippen LogP contribution is 2.44. The summed E-state index contributed by atoms with van der Waals surface area (Å²) in [5, 5.41) is 10.5. The van der Waals surface area contributed by atoms with Gasteiger partial charge in [-0.05, 0) is 46.5 Å². The van der Waals surface area contributed by atoms with Crippen LogP contribution in [0.5, 0.6) is 0 Å². The highest BCUT2D eigenvalue weighted by molar-refractivity contribution is 7.26. The zero-order valence-corrected chi connectivity index (χ0v) is 19.1. The Morgan fingerprint density at radius 1 is 0.441 bits per heavy atom. The van der Waals surface area contributed by atoms with Crippen molar-refractivity contribution in [3.63, 3.8) is 0 Å². The summed E-state index contributed by atoms with van der Waals surface area (Å²) in [5.41, 5.74) is 3.75. The van der Waals surface area contributed by atoms with Crippen LogP contribution in [0.3, 0.4) is 0 Å². The molecule has 2 heteroatoms. The van der Waals surface area contributed by atoms with Crippen molar-refractivity contribution in [2.45, 2.75) is 0 Å². The predicted octanol–water partition coefficient (Wildman–Crippen LogP) is 9.46. The molecule has 2 heterocycles. The third kappa shape index (κ3) is 2.33. The van der Waals surface area contributed by atoms with E-state index in [2.05, 4.69) is 120 Å². The topological polar surface area (TPSA) is 4.93 Å². The van der Waals surface area contributed by atoms with Gasteiger partial charge in [-0.15, -0.1) is 11.3 Å². The summed E-state index contributed by atoms with van der Waals surface area (Å²) in [6.45, 7) is 0. The van der Waals surface area contributed by atoms with Crippen molar-refractivity contribution in [3.05, 3.63) is 115 Å². The molecule has 0 aliphatic rings. The monoisotopic (exact) mass is 449 g/mol. The maximum Gasteiger partial charge on any atom is 0.0548 e. The van der Waals surface area contributed by atoms with Crippen molar-refractivity contribution >= 4 is 74.9 Å². The van der Waals surface area contributed by atoms with Crippen LogP contribution >= 0.6 is 11.3 Å². The van der Waals surface area contributed by atoms with Crippen LogP contribution in [0.25, 0.3) is 69.2 Å². The van der Waals surface area contributed by atoms with Gasteiger partial charge in [-0.1, -0.05) is 84.9 Å². The second kappa shape index (κ2) is 6.69. The number of aromatic nitrogens is 1. The molecular weight excluding hydrogens is 430 g/mol. The van der Waals surface area contributed by atoms with Gasteiger partial charge in [0.1, 0.15) is 0 Å². The van der Waals surface area contributed by atoms with Crippen LogP contribution in [0.15, 0.2) is 115 Å². The molecule has 2 aromatic heterocycles. The lowest BCUT2D eigenvalue weighted by molar-refractivity contribution is 1.20. The van der Waals surface area contributed by atoms with E-state index in [-0.39, 0.29) is 0 Å². The summed E-state index contributed by atoms with van der Waals surface area (Å²) in [4.78, 5) is 0. The molecule has 0 bridgehead atoms. The molecule has 0 fully saturated rings. The van der Waals surface area contributed by atoms with Crippen molar-refractivity contribution in [3.8, 4) is 5.69 Å². The Balaban J connectivity index is 1.64. The molecule has 0 atom stereocenters. The van der Waals surface area contributed by atoms with Crippen LogP contribution in [0, 0.1) is 0 Å². The maximum atomic E-state index is 2.48. The minimum absolute atomic E-state index is 1.24. The van der Waals surface area contributed by atoms with Gasteiger partial charge >= 0.3 is 0 Å². The first-order valence-electron chi connectivity index (χ1n) is 11.6. The summed E-state index contributed by atoms with van der Waals surface area (Å²) < 4.78 is 5.17. The van der Waals surface area contributed by atoms with Crippen LogP contribution in [0.2, 0.25) is 0 Å². The number of fused-ring (bicyclic) bond motifs is 10. The molecule has 0 aliphatic heterocycles. The highest BCUT2D eigenvalue weighted by Gasteiger charge is 2.19. The van der Waals surface area contributed by atoms with E-state index in [0.717, 1.165) is 0 Å². The number of hydrogen-bond donors (Lipinski definition) is 0. The molecule has 0 N–H and O–H groups in total. The number of benzene rings is 6. The van der Waals surface area contributed by atoms with Crippen molar-refractivity contribution < 1.29 is 0 Å². The summed E-state index contributed by atoms with van der Waals surface area (Å²) in [6.07, 6.45) is 0. The van der Waals surface area contributed by atoms with Gasteiger partial charge in [0, 0.05) is 36.3 Å². The fraction of sp³-hybridized carbons (Fsp3) is 0. The molecular formula is C32H19NS. The molecule has 0 amide bonds. The first-order valence-corrected chi connectivity index (χ1v) is 12.4. The summed E-state index contributed by atoms with van der Waals surface area (Å²) in [5.74, 6) is 0. The summed E-state index contributed by atoms with van der Waals surface area (Å²) in [6, 6.07) is 42.2. The van der Waals surface area contributed by atoms with Gasteiger partial charge in [0.25, 0.3) is 0 Å².